The summed E-state index contributed by atoms with van der Waals surface area (Å²) in [6.07, 6.45) is 1.07. The van der Waals surface area contributed by atoms with Crippen LogP contribution in [-0.2, 0) is 14.3 Å². The Balaban J connectivity index is 2.53. The zero-order valence-electron chi connectivity index (χ0n) is 9.86. The van der Waals surface area contributed by atoms with Crippen molar-refractivity contribution >= 4 is 5.97 Å². The van der Waals surface area contributed by atoms with E-state index in [1.54, 1.807) is 7.11 Å². The van der Waals surface area contributed by atoms with Crippen molar-refractivity contribution in [2.24, 2.45) is 11.8 Å². The largest absolute Gasteiger partial charge is 0.469 e. The lowest BCUT2D eigenvalue weighted by Gasteiger charge is -2.20. The van der Waals surface area contributed by atoms with Crippen LogP contribution in [0.25, 0.3) is 0 Å². The van der Waals surface area contributed by atoms with E-state index in [1.807, 2.05) is 0 Å². The van der Waals surface area contributed by atoms with Crippen LogP contribution in [0.2, 0.25) is 0 Å². The third-order valence-corrected chi connectivity index (χ3v) is 3.18. The molecule has 4 heteroatoms. The van der Waals surface area contributed by atoms with E-state index in [-0.39, 0.29) is 11.9 Å². The summed E-state index contributed by atoms with van der Waals surface area (Å²) in [7, 11) is 3.07. The van der Waals surface area contributed by atoms with Gasteiger partial charge in [0.1, 0.15) is 0 Å². The van der Waals surface area contributed by atoms with Crippen LogP contribution in [0, 0.1) is 11.8 Å². The third kappa shape index (κ3) is 3.18. The fraction of sp³-hybridized carbons (Fsp3) is 0.909. The van der Waals surface area contributed by atoms with Gasteiger partial charge >= 0.3 is 5.97 Å². The average Bonchev–Trinajstić information content (AvgIpc) is 2.73. The molecular weight excluding hydrogens is 194 g/mol. The van der Waals surface area contributed by atoms with Crippen molar-refractivity contribution in [2.75, 3.05) is 40.5 Å². The van der Waals surface area contributed by atoms with Crippen molar-refractivity contribution in [3.8, 4) is 0 Å². The van der Waals surface area contributed by atoms with Crippen LogP contribution in [0.3, 0.4) is 0 Å². The first-order valence-corrected chi connectivity index (χ1v) is 5.52. The van der Waals surface area contributed by atoms with Gasteiger partial charge in [0.25, 0.3) is 0 Å². The van der Waals surface area contributed by atoms with E-state index in [0.717, 1.165) is 26.1 Å². The summed E-state index contributed by atoms with van der Waals surface area (Å²) in [5.74, 6) is 0.147. The fourth-order valence-electron chi connectivity index (χ4n) is 2.21. The van der Waals surface area contributed by atoms with Gasteiger partial charge < -0.3 is 14.4 Å². The number of likely N-dealkylation sites (tertiary alicyclic amines) is 1. The van der Waals surface area contributed by atoms with Crippen LogP contribution < -0.4 is 0 Å². The maximum absolute atomic E-state index is 11.6. The molecule has 0 spiro atoms. The maximum atomic E-state index is 11.6. The number of hydrogen-bond donors (Lipinski definition) is 0. The van der Waals surface area contributed by atoms with Crippen molar-refractivity contribution in [1.82, 2.24) is 4.90 Å². The van der Waals surface area contributed by atoms with Crippen molar-refractivity contribution in [3.63, 3.8) is 0 Å². The van der Waals surface area contributed by atoms with E-state index < -0.39 is 0 Å². The van der Waals surface area contributed by atoms with Gasteiger partial charge in [-0.3, -0.25) is 4.79 Å². The molecule has 0 aromatic carbocycles. The number of rotatable bonds is 5. The van der Waals surface area contributed by atoms with Crippen molar-refractivity contribution < 1.29 is 14.3 Å². The number of ether oxygens (including phenoxy) is 2. The quantitative estimate of drug-likeness (QED) is 0.635. The van der Waals surface area contributed by atoms with Gasteiger partial charge in [0.2, 0.25) is 0 Å². The van der Waals surface area contributed by atoms with E-state index in [4.69, 9.17) is 9.47 Å². The standard InChI is InChI=1S/C11H21NO3/c1-4-12-6-5-9(7-12)10(8-14-2)11(13)15-3/h9-10H,4-8H2,1-3H3. The maximum Gasteiger partial charge on any atom is 0.311 e. The van der Waals surface area contributed by atoms with Crippen molar-refractivity contribution in [2.45, 2.75) is 13.3 Å². The molecule has 1 fully saturated rings. The molecule has 2 unspecified atom stereocenters. The Morgan fingerprint density at radius 1 is 1.53 bits per heavy atom. The normalized spacial score (nSPS) is 24.1. The van der Waals surface area contributed by atoms with Gasteiger partial charge in [-0.05, 0) is 25.4 Å². The zero-order valence-corrected chi connectivity index (χ0v) is 9.86. The Labute approximate surface area is 91.5 Å². The highest BCUT2D eigenvalue weighted by Gasteiger charge is 2.33. The molecule has 1 aliphatic rings. The molecule has 1 heterocycles. The molecule has 15 heavy (non-hydrogen) atoms. The summed E-state index contributed by atoms with van der Waals surface area (Å²) in [6.45, 7) is 5.73. The Morgan fingerprint density at radius 2 is 2.27 bits per heavy atom. The van der Waals surface area contributed by atoms with Gasteiger partial charge in [-0.25, -0.2) is 0 Å². The highest BCUT2D eigenvalue weighted by atomic mass is 16.5. The summed E-state index contributed by atoms with van der Waals surface area (Å²) >= 11 is 0. The first-order valence-electron chi connectivity index (χ1n) is 5.52. The topological polar surface area (TPSA) is 38.8 Å². The van der Waals surface area contributed by atoms with E-state index in [2.05, 4.69) is 11.8 Å². The second-order valence-electron chi connectivity index (χ2n) is 4.03. The van der Waals surface area contributed by atoms with Gasteiger partial charge in [0.15, 0.2) is 0 Å². The second-order valence-corrected chi connectivity index (χ2v) is 4.03. The van der Waals surface area contributed by atoms with E-state index >= 15 is 0 Å². The average molecular weight is 215 g/mol. The summed E-state index contributed by atoms with van der Waals surface area (Å²) in [4.78, 5) is 13.9. The molecule has 0 saturated carbocycles. The van der Waals surface area contributed by atoms with Crippen LogP contribution in [0.5, 0.6) is 0 Å². The molecular formula is C11H21NO3. The molecule has 0 aromatic rings. The third-order valence-electron chi connectivity index (χ3n) is 3.18. The van der Waals surface area contributed by atoms with Crippen LogP contribution in [0.15, 0.2) is 0 Å². The Kier molecular flexibility index (Phi) is 5.05. The number of esters is 1. The van der Waals surface area contributed by atoms with Gasteiger partial charge in [0.05, 0.1) is 19.6 Å². The molecule has 88 valence electrons. The van der Waals surface area contributed by atoms with Crippen LogP contribution >= 0.6 is 0 Å². The molecule has 1 saturated heterocycles. The SMILES string of the molecule is CCN1CCC(C(COC)C(=O)OC)C1. The number of nitrogens with zero attached hydrogens (tertiary/aromatic N) is 1. The monoisotopic (exact) mass is 215 g/mol. The lowest BCUT2D eigenvalue weighted by molar-refractivity contribution is -0.149. The summed E-state index contributed by atoms with van der Waals surface area (Å²) in [5, 5.41) is 0. The van der Waals surface area contributed by atoms with Crippen LogP contribution in [0.4, 0.5) is 0 Å². The molecule has 4 nitrogen and oxygen atoms in total. The Hall–Kier alpha value is -0.610. The number of carbonyl (C=O) groups is 1. The first-order chi connectivity index (χ1) is 7.22. The second kappa shape index (κ2) is 6.08. The van der Waals surface area contributed by atoms with E-state index in [0.29, 0.717) is 12.5 Å². The minimum absolute atomic E-state index is 0.100. The number of methoxy groups -OCH3 is 2. The molecule has 0 radical (unpaired) electrons. The summed E-state index contributed by atoms with van der Waals surface area (Å²) < 4.78 is 9.90. The van der Waals surface area contributed by atoms with Crippen molar-refractivity contribution in [3.05, 3.63) is 0 Å². The van der Waals surface area contributed by atoms with Gasteiger partial charge in [0, 0.05) is 13.7 Å². The minimum Gasteiger partial charge on any atom is -0.469 e. The van der Waals surface area contributed by atoms with Gasteiger partial charge in [-0.15, -0.1) is 0 Å². The molecule has 1 rings (SSSR count). The first kappa shape index (κ1) is 12.5. The predicted octanol–water partition coefficient (Wildman–Crippen LogP) is 0.764. The molecule has 2 atom stereocenters. The van der Waals surface area contributed by atoms with Crippen LogP contribution in [-0.4, -0.2) is 51.3 Å². The predicted molar refractivity (Wildman–Crippen MR) is 57.6 cm³/mol. The van der Waals surface area contributed by atoms with E-state index in [1.165, 1.54) is 7.11 Å². The fourth-order valence-corrected chi connectivity index (χ4v) is 2.21. The Bertz CT molecular complexity index is 208. The molecule has 0 bridgehead atoms. The van der Waals surface area contributed by atoms with Gasteiger partial charge in [-0.2, -0.15) is 0 Å². The summed E-state index contributed by atoms with van der Waals surface area (Å²) in [5.41, 5.74) is 0. The smallest absolute Gasteiger partial charge is 0.311 e. The van der Waals surface area contributed by atoms with Gasteiger partial charge in [-0.1, -0.05) is 6.92 Å². The highest BCUT2D eigenvalue weighted by Crippen LogP contribution is 2.25. The number of carbonyl (C=O) groups excluding carboxylic acids is 1. The molecule has 0 amide bonds. The van der Waals surface area contributed by atoms with Crippen LogP contribution in [0.1, 0.15) is 13.3 Å². The molecule has 0 N–H and O–H groups in total. The lowest BCUT2D eigenvalue weighted by atomic mass is 9.92. The molecule has 0 aliphatic carbocycles. The molecule has 0 aromatic heterocycles. The highest BCUT2D eigenvalue weighted by molar-refractivity contribution is 5.72. The zero-order chi connectivity index (χ0) is 11.3. The lowest BCUT2D eigenvalue weighted by Crippen LogP contribution is -2.31. The van der Waals surface area contributed by atoms with E-state index in [9.17, 15) is 4.79 Å². The van der Waals surface area contributed by atoms with Crippen molar-refractivity contribution in [1.29, 1.82) is 0 Å². The summed E-state index contributed by atoms with van der Waals surface area (Å²) in [6, 6.07) is 0. The number of hydrogen-bond acceptors (Lipinski definition) is 4. The minimum atomic E-state index is -0.139. The molecule has 1 aliphatic heterocycles. The Morgan fingerprint density at radius 3 is 2.73 bits per heavy atom.